The molecule has 1 aromatic carbocycles. The Labute approximate surface area is 121 Å². The van der Waals surface area contributed by atoms with E-state index in [1.807, 2.05) is 32.9 Å². The molecule has 0 saturated carbocycles. The topological polar surface area (TPSA) is 58.6 Å². The fraction of sp³-hybridized carbons (Fsp3) is 0.562. The first-order valence-corrected chi connectivity index (χ1v) is 7.02. The molecule has 0 fully saturated rings. The number of aliphatic hydroxyl groups is 1. The van der Waals surface area contributed by atoms with Crippen LogP contribution in [0.1, 0.15) is 38.8 Å². The van der Waals surface area contributed by atoms with E-state index in [1.54, 1.807) is 0 Å². The van der Waals surface area contributed by atoms with Crippen LogP contribution in [0.25, 0.3) is 0 Å². The van der Waals surface area contributed by atoms with Gasteiger partial charge in [0.1, 0.15) is 5.60 Å². The first-order valence-electron chi connectivity index (χ1n) is 7.02. The maximum absolute atomic E-state index is 11.7. The molecule has 0 aliphatic rings. The van der Waals surface area contributed by atoms with E-state index in [0.29, 0.717) is 6.42 Å². The Morgan fingerprint density at radius 2 is 2.00 bits per heavy atom. The summed E-state index contributed by atoms with van der Waals surface area (Å²) in [7, 11) is 0. The van der Waals surface area contributed by atoms with Crippen molar-refractivity contribution in [1.82, 2.24) is 5.32 Å². The molecule has 1 aromatic rings. The maximum atomic E-state index is 11.7. The Bertz CT molecular complexity index is 438. The van der Waals surface area contributed by atoms with Gasteiger partial charge < -0.3 is 15.2 Å². The lowest BCUT2D eigenvalue weighted by Crippen LogP contribution is -2.42. The Hall–Kier alpha value is -1.55. The average molecular weight is 279 g/mol. The van der Waals surface area contributed by atoms with E-state index >= 15 is 0 Å². The lowest BCUT2D eigenvalue weighted by Gasteiger charge is -2.23. The summed E-state index contributed by atoms with van der Waals surface area (Å²) in [4.78, 5) is 11.7. The van der Waals surface area contributed by atoms with Gasteiger partial charge in [0.15, 0.2) is 0 Å². The normalized spacial score (nSPS) is 12.8. The second kappa shape index (κ2) is 7.29. The summed E-state index contributed by atoms with van der Waals surface area (Å²) < 4.78 is 5.19. The molecular formula is C16H25NO3. The number of amides is 1. The van der Waals surface area contributed by atoms with Crippen LogP contribution in [-0.2, 0) is 17.6 Å². The zero-order chi connectivity index (χ0) is 15.2. The van der Waals surface area contributed by atoms with Crippen LogP contribution in [0.15, 0.2) is 24.3 Å². The van der Waals surface area contributed by atoms with E-state index < -0.39 is 11.7 Å². The first kappa shape index (κ1) is 16.5. The van der Waals surface area contributed by atoms with Gasteiger partial charge in [-0.05, 0) is 44.7 Å². The highest BCUT2D eigenvalue weighted by molar-refractivity contribution is 5.68. The standard InChI is InChI=1S/C16H25NO3/c1-5-12-7-6-8-13(9-12)10-14(11-18)17-15(19)20-16(2,3)4/h6-9,14,18H,5,10-11H2,1-4H3,(H,17,19). The molecule has 4 heteroatoms. The van der Waals surface area contributed by atoms with Crippen LogP contribution in [0.2, 0.25) is 0 Å². The molecule has 112 valence electrons. The van der Waals surface area contributed by atoms with Crippen molar-refractivity contribution >= 4 is 6.09 Å². The van der Waals surface area contributed by atoms with Crippen molar-refractivity contribution in [3.63, 3.8) is 0 Å². The van der Waals surface area contributed by atoms with Gasteiger partial charge in [0.2, 0.25) is 0 Å². The summed E-state index contributed by atoms with van der Waals surface area (Å²) in [6.45, 7) is 7.42. The van der Waals surface area contributed by atoms with Crippen LogP contribution in [0.5, 0.6) is 0 Å². The van der Waals surface area contributed by atoms with E-state index in [-0.39, 0.29) is 12.6 Å². The van der Waals surface area contributed by atoms with Crippen molar-refractivity contribution in [3.8, 4) is 0 Å². The molecule has 0 spiro atoms. The number of aryl methyl sites for hydroxylation is 1. The SMILES string of the molecule is CCc1cccc(CC(CO)NC(=O)OC(C)(C)C)c1. The number of ether oxygens (including phenoxy) is 1. The van der Waals surface area contributed by atoms with Crippen molar-refractivity contribution in [2.24, 2.45) is 0 Å². The molecule has 0 radical (unpaired) electrons. The minimum Gasteiger partial charge on any atom is -0.444 e. The predicted molar refractivity (Wildman–Crippen MR) is 79.8 cm³/mol. The number of nitrogens with one attached hydrogen (secondary N) is 1. The highest BCUT2D eigenvalue weighted by atomic mass is 16.6. The van der Waals surface area contributed by atoms with Gasteiger partial charge in [-0.25, -0.2) is 4.79 Å². The number of carbonyl (C=O) groups is 1. The van der Waals surface area contributed by atoms with Crippen LogP contribution in [-0.4, -0.2) is 29.4 Å². The molecule has 0 aliphatic heterocycles. The van der Waals surface area contributed by atoms with Crippen LogP contribution in [0.3, 0.4) is 0 Å². The van der Waals surface area contributed by atoms with E-state index in [2.05, 4.69) is 24.4 Å². The monoisotopic (exact) mass is 279 g/mol. The van der Waals surface area contributed by atoms with Gasteiger partial charge in [-0.2, -0.15) is 0 Å². The molecule has 20 heavy (non-hydrogen) atoms. The van der Waals surface area contributed by atoms with Gasteiger partial charge in [0.25, 0.3) is 0 Å². The maximum Gasteiger partial charge on any atom is 0.407 e. The minimum absolute atomic E-state index is 0.115. The number of aliphatic hydroxyl groups excluding tert-OH is 1. The molecule has 1 amide bonds. The number of rotatable bonds is 5. The van der Waals surface area contributed by atoms with Crippen LogP contribution in [0, 0.1) is 0 Å². The van der Waals surface area contributed by atoms with Crippen molar-refractivity contribution in [1.29, 1.82) is 0 Å². The van der Waals surface area contributed by atoms with Crippen molar-refractivity contribution in [3.05, 3.63) is 35.4 Å². The average Bonchev–Trinajstić information content (AvgIpc) is 2.36. The second-order valence-electron chi connectivity index (χ2n) is 5.90. The third-order valence-electron chi connectivity index (χ3n) is 2.82. The van der Waals surface area contributed by atoms with Gasteiger partial charge in [-0.3, -0.25) is 0 Å². The van der Waals surface area contributed by atoms with Crippen molar-refractivity contribution < 1.29 is 14.6 Å². The third-order valence-corrected chi connectivity index (χ3v) is 2.82. The van der Waals surface area contributed by atoms with Crippen LogP contribution in [0.4, 0.5) is 4.79 Å². The van der Waals surface area contributed by atoms with Gasteiger partial charge >= 0.3 is 6.09 Å². The lowest BCUT2D eigenvalue weighted by atomic mass is 10.0. The number of benzene rings is 1. The molecule has 0 saturated heterocycles. The number of hydrogen-bond acceptors (Lipinski definition) is 3. The Kier molecular flexibility index (Phi) is 6.02. The first-order chi connectivity index (χ1) is 9.34. The molecule has 1 rings (SSSR count). The van der Waals surface area contributed by atoms with Crippen LogP contribution >= 0.6 is 0 Å². The predicted octanol–water partition coefficient (Wildman–Crippen LogP) is 2.68. The highest BCUT2D eigenvalue weighted by Gasteiger charge is 2.19. The van der Waals surface area contributed by atoms with Crippen LogP contribution < -0.4 is 5.32 Å². The number of hydrogen-bond donors (Lipinski definition) is 2. The quantitative estimate of drug-likeness (QED) is 0.871. The summed E-state index contributed by atoms with van der Waals surface area (Å²) in [5.74, 6) is 0. The molecule has 0 bridgehead atoms. The third kappa shape index (κ3) is 6.06. The molecule has 1 atom stereocenters. The molecule has 0 aromatic heterocycles. The second-order valence-corrected chi connectivity index (χ2v) is 5.90. The summed E-state index contributed by atoms with van der Waals surface area (Å²) in [5, 5.41) is 12.1. The van der Waals surface area contributed by atoms with Gasteiger partial charge in [-0.15, -0.1) is 0 Å². The minimum atomic E-state index is -0.535. The molecule has 0 aliphatic carbocycles. The Morgan fingerprint density at radius 3 is 2.55 bits per heavy atom. The fourth-order valence-corrected chi connectivity index (χ4v) is 1.90. The lowest BCUT2D eigenvalue weighted by molar-refractivity contribution is 0.0483. The van der Waals surface area contributed by atoms with E-state index in [4.69, 9.17) is 4.74 Å². The van der Waals surface area contributed by atoms with Gasteiger partial charge in [0.05, 0.1) is 12.6 Å². The summed E-state index contributed by atoms with van der Waals surface area (Å²) >= 11 is 0. The summed E-state index contributed by atoms with van der Waals surface area (Å²) in [6, 6.07) is 7.82. The summed E-state index contributed by atoms with van der Waals surface area (Å²) in [6.07, 6.45) is 1.06. The fourth-order valence-electron chi connectivity index (χ4n) is 1.90. The molecular weight excluding hydrogens is 254 g/mol. The smallest absolute Gasteiger partial charge is 0.407 e. The molecule has 1 unspecified atom stereocenters. The molecule has 2 N–H and O–H groups in total. The number of alkyl carbamates (subject to hydrolysis) is 1. The van der Waals surface area contributed by atoms with Crippen molar-refractivity contribution in [2.75, 3.05) is 6.61 Å². The highest BCUT2D eigenvalue weighted by Crippen LogP contribution is 2.10. The van der Waals surface area contributed by atoms with Crippen molar-refractivity contribution in [2.45, 2.75) is 52.2 Å². The van der Waals surface area contributed by atoms with Gasteiger partial charge in [0, 0.05) is 0 Å². The van der Waals surface area contributed by atoms with Gasteiger partial charge in [-0.1, -0.05) is 31.2 Å². The largest absolute Gasteiger partial charge is 0.444 e. The number of carbonyl (C=O) groups excluding carboxylic acids is 1. The Balaban J connectivity index is 2.60. The zero-order valence-corrected chi connectivity index (χ0v) is 12.8. The summed E-state index contributed by atoms with van der Waals surface area (Å²) in [5.41, 5.74) is 1.81. The van der Waals surface area contributed by atoms with E-state index in [1.165, 1.54) is 5.56 Å². The van der Waals surface area contributed by atoms with E-state index in [9.17, 15) is 9.90 Å². The van der Waals surface area contributed by atoms with E-state index in [0.717, 1.165) is 12.0 Å². The Morgan fingerprint density at radius 1 is 1.35 bits per heavy atom. The molecule has 4 nitrogen and oxygen atoms in total. The molecule has 0 heterocycles. The zero-order valence-electron chi connectivity index (χ0n) is 12.8.